The van der Waals surface area contributed by atoms with Crippen molar-refractivity contribution in [3.8, 4) is 5.75 Å². The first-order valence-electron chi connectivity index (χ1n) is 6.79. The topological polar surface area (TPSA) is 75.6 Å². The largest absolute Gasteiger partial charge is 0.482 e. The van der Waals surface area contributed by atoms with E-state index in [2.05, 4.69) is 19.2 Å². The number of rotatable bonds is 8. The molecule has 1 aromatic rings. The number of carbonyl (C=O) groups excluding carboxylic acids is 1. The van der Waals surface area contributed by atoms with Gasteiger partial charge in [-0.15, -0.1) is 0 Å². The highest BCUT2D eigenvalue weighted by molar-refractivity contribution is 5.90. The van der Waals surface area contributed by atoms with Crippen molar-refractivity contribution in [2.24, 2.45) is 5.92 Å². The third-order valence-electron chi connectivity index (χ3n) is 3.13. The zero-order valence-electron chi connectivity index (χ0n) is 11.9. The van der Waals surface area contributed by atoms with E-state index in [0.29, 0.717) is 23.8 Å². The summed E-state index contributed by atoms with van der Waals surface area (Å²) in [7, 11) is 0. The van der Waals surface area contributed by atoms with E-state index in [1.165, 1.54) is 0 Å². The minimum atomic E-state index is -1.02. The predicted octanol–water partition coefficient (Wildman–Crippen LogP) is 2.91. The van der Waals surface area contributed by atoms with E-state index in [-0.39, 0.29) is 12.5 Å². The number of anilines is 1. The summed E-state index contributed by atoms with van der Waals surface area (Å²) in [4.78, 5) is 22.2. The molecule has 110 valence electrons. The smallest absolute Gasteiger partial charge is 0.341 e. The Labute approximate surface area is 118 Å². The van der Waals surface area contributed by atoms with Crippen molar-refractivity contribution in [2.75, 3.05) is 11.9 Å². The van der Waals surface area contributed by atoms with Crippen LogP contribution in [0.25, 0.3) is 0 Å². The van der Waals surface area contributed by atoms with Gasteiger partial charge in [0.25, 0.3) is 0 Å². The number of carboxylic acids is 1. The quantitative estimate of drug-likeness (QED) is 0.767. The Morgan fingerprint density at radius 3 is 2.30 bits per heavy atom. The molecule has 0 aromatic heterocycles. The van der Waals surface area contributed by atoms with Crippen LogP contribution in [0.4, 0.5) is 5.69 Å². The van der Waals surface area contributed by atoms with Crippen LogP contribution in [-0.4, -0.2) is 23.6 Å². The van der Waals surface area contributed by atoms with Gasteiger partial charge >= 0.3 is 5.97 Å². The van der Waals surface area contributed by atoms with Crippen LogP contribution >= 0.6 is 0 Å². The van der Waals surface area contributed by atoms with E-state index in [9.17, 15) is 9.59 Å². The normalized spacial score (nSPS) is 10.3. The van der Waals surface area contributed by atoms with E-state index >= 15 is 0 Å². The number of aliphatic carboxylic acids is 1. The molecule has 0 radical (unpaired) electrons. The molecule has 2 N–H and O–H groups in total. The molecule has 1 aromatic carbocycles. The summed E-state index contributed by atoms with van der Waals surface area (Å²) < 4.78 is 5.01. The van der Waals surface area contributed by atoms with Crippen LogP contribution in [0.2, 0.25) is 0 Å². The van der Waals surface area contributed by atoms with Gasteiger partial charge in [0.05, 0.1) is 0 Å². The predicted molar refractivity (Wildman–Crippen MR) is 76.9 cm³/mol. The molecule has 0 bridgehead atoms. The molecule has 0 saturated carbocycles. The van der Waals surface area contributed by atoms with Crippen molar-refractivity contribution >= 4 is 17.6 Å². The number of hydrogen-bond acceptors (Lipinski definition) is 3. The lowest BCUT2D eigenvalue weighted by molar-refractivity contribution is -0.139. The van der Waals surface area contributed by atoms with E-state index < -0.39 is 5.97 Å². The Morgan fingerprint density at radius 1 is 1.20 bits per heavy atom. The van der Waals surface area contributed by atoms with Crippen molar-refractivity contribution in [2.45, 2.75) is 33.1 Å². The highest BCUT2D eigenvalue weighted by atomic mass is 16.5. The standard InChI is InChI=1S/C15H21NO4/c1-3-11(4-2)9-14(17)16-12-5-7-13(8-6-12)20-10-15(18)19/h5-8,11H,3-4,9-10H2,1-2H3,(H,16,17)(H,18,19). The van der Waals surface area contributed by atoms with E-state index in [0.717, 1.165) is 12.8 Å². The fourth-order valence-corrected chi connectivity index (χ4v) is 1.83. The van der Waals surface area contributed by atoms with Crippen LogP contribution in [-0.2, 0) is 9.59 Å². The number of hydrogen-bond donors (Lipinski definition) is 2. The average Bonchev–Trinajstić information content (AvgIpc) is 2.44. The van der Waals surface area contributed by atoms with E-state index in [1.54, 1.807) is 24.3 Å². The summed E-state index contributed by atoms with van der Waals surface area (Å²) in [5, 5.41) is 11.3. The van der Waals surface area contributed by atoms with Gasteiger partial charge in [-0.1, -0.05) is 26.7 Å². The molecule has 0 atom stereocenters. The summed E-state index contributed by atoms with van der Waals surface area (Å²) in [5.41, 5.74) is 0.684. The average molecular weight is 279 g/mol. The van der Waals surface area contributed by atoms with E-state index in [1.807, 2.05) is 0 Å². The molecule has 5 heteroatoms. The number of ether oxygens (including phenoxy) is 1. The number of carbonyl (C=O) groups is 2. The number of carboxylic acid groups (broad SMARTS) is 1. The van der Waals surface area contributed by atoms with Crippen LogP contribution in [0.3, 0.4) is 0 Å². The van der Waals surface area contributed by atoms with Gasteiger partial charge in [0.15, 0.2) is 6.61 Å². The van der Waals surface area contributed by atoms with Gasteiger partial charge in [0.1, 0.15) is 5.75 Å². The summed E-state index contributed by atoms with van der Waals surface area (Å²) in [5.74, 6) is -0.149. The number of amides is 1. The fourth-order valence-electron chi connectivity index (χ4n) is 1.83. The fraction of sp³-hybridized carbons (Fsp3) is 0.467. The van der Waals surface area contributed by atoms with Gasteiger partial charge in [0.2, 0.25) is 5.91 Å². The Morgan fingerprint density at radius 2 is 1.80 bits per heavy atom. The monoisotopic (exact) mass is 279 g/mol. The zero-order valence-corrected chi connectivity index (χ0v) is 11.9. The maximum absolute atomic E-state index is 11.8. The van der Waals surface area contributed by atoms with Crippen LogP contribution in [0, 0.1) is 5.92 Å². The lowest BCUT2D eigenvalue weighted by Gasteiger charge is -2.12. The highest BCUT2D eigenvalue weighted by Crippen LogP contribution is 2.17. The molecule has 0 heterocycles. The minimum absolute atomic E-state index is 0.00194. The lowest BCUT2D eigenvalue weighted by Crippen LogP contribution is -2.16. The molecular weight excluding hydrogens is 258 g/mol. The Bertz CT molecular complexity index is 438. The third kappa shape index (κ3) is 5.73. The Hall–Kier alpha value is -2.04. The maximum atomic E-state index is 11.8. The van der Waals surface area contributed by atoms with Gasteiger partial charge in [0, 0.05) is 12.1 Å². The molecule has 20 heavy (non-hydrogen) atoms. The molecule has 0 aliphatic carbocycles. The SMILES string of the molecule is CCC(CC)CC(=O)Nc1ccc(OCC(=O)O)cc1. The summed E-state index contributed by atoms with van der Waals surface area (Å²) in [6, 6.07) is 6.66. The lowest BCUT2D eigenvalue weighted by atomic mass is 9.99. The Balaban J connectivity index is 2.48. The van der Waals surface area contributed by atoms with Crippen molar-refractivity contribution in [3.05, 3.63) is 24.3 Å². The van der Waals surface area contributed by atoms with E-state index in [4.69, 9.17) is 9.84 Å². The number of benzene rings is 1. The van der Waals surface area contributed by atoms with Crippen molar-refractivity contribution < 1.29 is 19.4 Å². The molecule has 0 aliphatic heterocycles. The van der Waals surface area contributed by atoms with Gasteiger partial charge < -0.3 is 15.2 Å². The highest BCUT2D eigenvalue weighted by Gasteiger charge is 2.10. The molecule has 0 aliphatic rings. The zero-order chi connectivity index (χ0) is 15.0. The van der Waals surface area contributed by atoms with Crippen molar-refractivity contribution in [3.63, 3.8) is 0 Å². The summed E-state index contributed by atoms with van der Waals surface area (Å²) in [6.45, 7) is 3.78. The molecule has 1 rings (SSSR count). The molecule has 0 spiro atoms. The van der Waals surface area contributed by atoms with Crippen LogP contribution in [0.15, 0.2) is 24.3 Å². The van der Waals surface area contributed by atoms with Gasteiger partial charge in [-0.3, -0.25) is 4.79 Å². The summed E-state index contributed by atoms with van der Waals surface area (Å²) >= 11 is 0. The van der Waals surface area contributed by atoms with Gasteiger partial charge in [-0.2, -0.15) is 0 Å². The van der Waals surface area contributed by atoms with Crippen molar-refractivity contribution in [1.29, 1.82) is 0 Å². The Kier molecular flexibility index (Phi) is 6.56. The van der Waals surface area contributed by atoms with Crippen molar-refractivity contribution in [1.82, 2.24) is 0 Å². The first-order valence-corrected chi connectivity index (χ1v) is 6.79. The molecule has 0 unspecified atom stereocenters. The maximum Gasteiger partial charge on any atom is 0.341 e. The number of nitrogens with one attached hydrogen (secondary N) is 1. The second-order valence-electron chi connectivity index (χ2n) is 4.64. The molecule has 1 amide bonds. The summed E-state index contributed by atoms with van der Waals surface area (Å²) in [6.07, 6.45) is 2.50. The minimum Gasteiger partial charge on any atom is -0.482 e. The first kappa shape index (κ1) is 16.0. The van der Waals surface area contributed by atoms with Gasteiger partial charge in [-0.25, -0.2) is 4.79 Å². The molecule has 5 nitrogen and oxygen atoms in total. The second-order valence-corrected chi connectivity index (χ2v) is 4.64. The van der Waals surface area contributed by atoms with Crippen LogP contribution < -0.4 is 10.1 Å². The second kappa shape index (κ2) is 8.19. The van der Waals surface area contributed by atoms with Gasteiger partial charge in [-0.05, 0) is 30.2 Å². The van der Waals surface area contributed by atoms with Crippen LogP contribution in [0.1, 0.15) is 33.1 Å². The molecular formula is C15H21NO4. The first-order chi connectivity index (χ1) is 9.55. The third-order valence-corrected chi connectivity index (χ3v) is 3.13. The molecule has 0 fully saturated rings. The van der Waals surface area contributed by atoms with Crippen LogP contribution in [0.5, 0.6) is 5.75 Å². The molecule has 0 saturated heterocycles.